The van der Waals surface area contributed by atoms with Gasteiger partial charge in [-0.05, 0) is 54.1 Å². The zero-order valence-corrected chi connectivity index (χ0v) is 19.5. The lowest BCUT2D eigenvalue weighted by Gasteiger charge is -2.14. The van der Waals surface area contributed by atoms with Crippen LogP contribution < -0.4 is 10.6 Å². The van der Waals surface area contributed by atoms with E-state index in [1.807, 2.05) is 13.0 Å². The number of Topliss-reactive ketones (excluding diaryl/α,β-unsaturated/α-hetero) is 1. The molecule has 0 bridgehead atoms. The summed E-state index contributed by atoms with van der Waals surface area (Å²) >= 11 is 2.03. The second kappa shape index (κ2) is 9.67. The number of rotatable bonds is 7. The zero-order valence-electron chi connectivity index (χ0n) is 17.9. The maximum absolute atomic E-state index is 13.0. The predicted molar refractivity (Wildman–Crippen MR) is 122 cm³/mol. The van der Waals surface area contributed by atoms with E-state index in [2.05, 4.69) is 31.1 Å². The summed E-state index contributed by atoms with van der Waals surface area (Å²) in [5, 5.41) is 26.3. The van der Waals surface area contributed by atoms with E-state index in [1.165, 1.54) is 4.68 Å². The van der Waals surface area contributed by atoms with Gasteiger partial charge in [-0.3, -0.25) is 10.1 Å². The van der Waals surface area contributed by atoms with Crippen LogP contribution in [0, 0.1) is 12.8 Å². The molecule has 1 fully saturated rings. The first-order valence-electron chi connectivity index (χ1n) is 10.2. The number of carbonyl (C=O) groups excluding carboxylic acids is 2. The summed E-state index contributed by atoms with van der Waals surface area (Å²) in [4.78, 5) is 41.3. The number of carboxylic acids is 1. The van der Waals surface area contributed by atoms with Crippen LogP contribution in [0.4, 0.5) is 15.6 Å². The molecule has 0 radical (unpaired) electrons. The Morgan fingerprint density at radius 1 is 1.21 bits per heavy atom. The number of aromatic carboxylic acids is 1. The fourth-order valence-electron chi connectivity index (χ4n) is 3.58. The van der Waals surface area contributed by atoms with Gasteiger partial charge < -0.3 is 10.4 Å². The molecule has 0 aliphatic heterocycles. The number of amides is 2. The summed E-state index contributed by atoms with van der Waals surface area (Å²) in [6.45, 7) is 1.89. The minimum Gasteiger partial charge on any atom is -0.476 e. The average Bonchev–Trinajstić information content (AvgIpc) is 3.51. The fourth-order valence-corrected chi connectivity index (χ4v) is 5.54. The van der Waals surface area contributed by atoms with Crippen molar-refractivity contribution in [2.75, 3.05) is 10.6 Å². The molecule has 11 nitrogen and oxygen atoms in total. The maximum Gasteiger partial charge on any atom is 0.356 e. The van der Waals surface area contributed by atoms with Gasteiger partial charge in [0.2, 0.25) is 5.16 Å². The molecule has 2 amide bonds. The molecule has 0 atom stereocenters. The number of benzene rings is 1. The molecule has 4 rings (SSSR count). The number of urea groups is 1. The number of carboxylic acid groups (broad SMARTS) is 1. The summed E-state index contributed by atoms with van der Waals surface area (Å²) in [6, 6.07) is 4.67. The number of hydrogen-bond acceptors (Lipinski definition) is 9. The van der Waals surface area contributed by atoms with E-state index in [9.17, 15) is 19.5 Å². The van der Waals surface area contributed by atoms with Crippen molar-refractivity contribution in [1.82, 2.24) is 25.2 Å². The monoisotopic (exact) mass is 487 g/mol. The van der Waals surface area contributed by atoms with Crippen molar-refractivity contribution in [3.8, 4) is 0 Å². The Kier molecular flexibility index (Phi) is 6.70. The molecular formula is C20H21N7O4S2. The number of nitrogens with one attached hydrogen (secondary N) is 2. The highest BCUT2D eigenvalue weighted by molar-refractivity contribution is 8.01. The van der Waals surface area contributed by atoms with Gasteiger partial charge in [-0.1, -0.05) is 35.8 Å². The van der Waals surface area contributed by atoms with Gasteiger partial charge in [0.15, 0.2) is 16.6 Å². The highest BCUT2D eigenvalue weighted by Gasteiger charge is 2.26. The standard InChI is InChI=1S/C20H21N7O4S2/c1-10-7-8-13(12(9-10)15(28)11-5-3-4-6-11)21-18(31)23-19-22-14(16(29)30)17(32-19)33-20-24-25-26-27(20)2/h7-9,11H,3-6H2,1-2H3,(H,29,30)(H2,21,22,23,31). The second-order valence-electron chi connectivity index (χ2n) is 7.62. The van der Waals surface area contributed by atoms with Crippen molar-refractivity contribution in [2.24, 2.45) is 13.0 Å². The summed E-state index contributed by atoms with van der Waals surface area (Å²) in [5.41, 5.74) is 1.60. The van der Waals surface area contributed by atoms with Crippen LogP contribution in [0.5, 0.6) is 0 Å². The lowest BCUT2D eigenvalue weighted by molar-refractivity contribution is 0.0687. The highest BCUT2D eigenvalue weighted by Crippen LogP contribution is 2.36. The van der Waals surface area contributed by atoms with Crippen molar-refractivity contribution in [3.05, 3.63) is 35.0 Å². The molecule has 1 aliphatic carbocycles. The second-order valence-corrected chi connectivity index (χ2v) is 9.86. The van der Waals surface area contributed by atoms with Crippen molar-refractivity contribution >= 4 is 51.7 Å². The number of tetrazole rings is 1. The van der Waals surface area contributed by atoms with Crippen LogP contribution in [0.25, 0.3) is 0 Å². The number of aromatic nitrogens is 5. The van der Waals surface area contributed by atoms with Crippen LogP contribution in [0.2, 0.25) is 0 Å². The van der Waals surface area contributed by atoms with Crippen LogP contribution >= 0.6 is 23.1 Å². The quantitative estimate of drug-likeness (QED) is 0.422. The van der Waals surface area contributed by atoms with E-state index in [0.29, 0.717) is 20.6 Å². The first kappa shape index (κ1) is 22.9. The van der Waals surface area contributed by atoms with E-state index < -0.39 is 12.0 Å². The first-order valence-corrected chi connectivity index (χ1v) is 11.8. The molecule has 1 aromatic carbocycles. The fraction of sp³-hybridized carbons (Fsp3) is 0.350. The normalized spacial score (nSPS) is 13.8. The van der Waals surface area contributed by atoms with E-state index in [0.717, 1.165) is 54.3 Å². The highest BCUT2D eigenvalue weighted by atomic mass is 32.2. The van der Waals surface area contributed by atoms with Gasteiger partial charge >= 0.3 is 12.0 Å². The minimum atomic E-state index is -1.24. The van der Waals surface area contributed by atoms with Gasteiger partial charge in [0.1, 0.15) is 4.21 Å². The number of carbonyl (C=O) groups is 3. The number of thiazole rings is 1. The van der Waals surface area contributed by atoms with E-state index in [1.54, 1.807) is 19.2 Å². The molecule has 0 saturated heterocycles. The van der Waals surface area contributed by atoms with Gasteiger partial charge in [0, 0.05) is 18.5 Å². The van der Waals surface area contributed by atoms with Gasteiger partial charge in [-0.25, -0.2) is 19.3 Å². The van der Waals surface area contributed by atoms with Crippen LogP contribution in [-0.2, 0) is 7.05 Å². The third kappa shape index (κ3) is 5.20. The van der Waals surface area contributed by atoms with Crippen molar-refractivity contribution in [2.45, 2.75) is 42.0 Å². The summed E-state index contributed by atoms with van der Waals surface area (Å²) in [7, 11) is 1.63. The number of ketones is 1. The van der Waals surface area contributed by atoms with Crippen molar-refractivity contribution in [1.29, 1.82) is 0 Å². The molecule has 1 aliphatic rings. The van der Waals surface area contributed by atoms with Crippen molar-refractivity contribution in [3.63, 3.8) is 0 Å². The molecule has 2 aromatic heterocycles. The number of nitrogens with zero attached hydrogens (tertiary/aromatic N) is 5. The molecule has 33 heavy (non-hydrogen) atoms. The molecule has 13 heteroatoms. The molecule has 0 unspecified atom stereocenters. The molecule has 172 valence electrons. The number of anilines is 2. The lowest BCUT2D eigenvalue weighted by atomic mass is 9.94. The molecule has 3 N–H and O–H groups in total. The summed E-state index contributed by atoms with van der Waals surface area (Å²) in [6.07, 6.45) is 3.78. The predicted octanol–water partition coefficient (Wildman–Crippen LogP) is 3.84. The first-order chi connectivity index (χ1) is 15.8. The van der Waals surface area contributed by atoms with Gasteiger partial charge in [0.25, 0.3) is 0 Å². The van der Waals surface area contributed by atoms with E-state index >= 15 is 0 Å². The topological polar surface area (TPSA) is 152 Å². The third-order valence-electron chi connectivity index (χ3n) is 5.20. The van der Waals surface area contributed by atoms with Gasteiger partial charge in [0.05, 0.1) is 5.69 Å². The van der Waals surface area contributed by atoms with Crippen LogP contribution in [0.1, 0.15) is 52.1 Å². The zero-order chi connectivity index (χ0) is 23.5. The number of hydrogen-bond donors (Lipinski definition) is 3. The Hall–Kier alpha value is -3.32. The smallest absolute Gasteiger partial charge is 0.356 e. The van der Waals surface area contributed by atoms with E-state index in [4.69, 9.17) is 0 Å². The van der Waals surface area contributed by atoms with Crippen LogP contribution in [-0.4, -0.2) is 48.1 Å². The molecule has 3 aromatic rings. The largest absolute Gasteiger partial charge is 0.476 e. The summed E-state index contributed by atoms with van der Waals surface area (Å²) < 4.78 is 1.72. The Morgan fingerprint density at radius 3 is 2.64 bits per heavy atom. The Morgan fingerprint density at radius 2 is 1.97 bits per heavy atom. The van der Waals surface area contributed by atoms with Crippen LogP contribution in [0.3, 0.4) is 0 Å². The average molecular weight is 488 g/mol. The Labute approximate surface area is 197 Å². The molecule has 2 heterocycles. The minimum absolute atomic E-state index is 0.0258. The van der Waals surface area contributed by atoms with Gasteiger partial charge in [-0.15, -0.1) is 5.10 Å². The summed E-state index contributed by atoms with van der Waals surface area (Å²) in [5.74, 6) is -1.23. The lowest BCUT2D eigenvalue weighted by Crippen LogP contribution is -2.22. The maximum atomic E-state index is 13.0. The van der Waals surface area contributed by atoms with E-state index in [-0.39, 0.29) is 22.5 Å². The Balaban J connectivity index is 1.51. The SMILES string of the molecule is Cc1ccc(NC(=O)Nc2nc(C(=O)O)c(Sc3nnnn3C)s2)c(C(=O)C2CCCC2)c1. The molecule has 1 saturated carbocycles. The van der Waals surface area contributed by atoms with Crippen molar-refractivity contribution < 1.29 is 19.5 Å². The number of aryl methyl sites for hydroxylation is 2. The third-order valence-corrected chi connectivity index (χ3v) is 7.37. The van der Waals surface area contributed by atoms with Gasteiger partial charge in [-0.2, -0.15) is 0 Å². The Bertz CT molecular complexity index is 1220. The molecule has 0 spiro atoms. The van der Waals surface area contributed by atoms with Crippen LogP contribution in [0.15, 0.2) is 27.6 Å². The molecular weight excluding hydrogens is 466 g/mol.